The standard InChI is InChI=1S/C18H15ClFN3O2S/c1-10(17-22-15-5-3-2-4-12(15)18(25)23-17)26-9-16(24)21-11-6-7-14(20)13(19)8-11/h2-8,10H,9H2,1H3,(H,21,24)(H,22,23,25). The predicted molar refractivity (Wildman–Crippen MR) is 103 cm³/mol. The second-order valence-electron chi connectivity index (χ2n) is 5.60. The molecule has 1 heterocycles. The van der Waals surface area contributed by atoms with Gasteiger partial charge in [-0.3, -0.25) is 9.59 Å². The molecular weight excluding hydrogens is 377 g/mol. The fraction of sp³-hybridized carbons (Fsp3) is 0.167. The number of carbonyl (C=O) groups is 1. The van der Waals surface area contributed by atoms with Gasteiger partial charge in [0.15, 0.2) is 0 Å². The van der Waals surface area contributed by atoms with E-state index in [0.29, 0.717) is 22.4 Å². The van der Waals surface area contributed by atoms with Crippen LogP contribution in [0, 0.1) is 5.82 Å². The lowest BCUT2D eigenvalue weighted by atomic mass is 10.2. The summed E-state index contributed by atoms with van der Waals surface area (Å²) in [5, 5.41) is 2.94. The van der Waals surface area contributed by atoms with Gasteiger partial charge in [0.1, 0.15) is 11.6 Å². The number of amides is 1. The molecule has 134 valence electrons. The Morgan fingerprint density at radius 1 is 1.35 bits per heavy atom. The van der Waals surface area contributed by atoms with E-state index < -0.39 is 5.82 Å². The third-order valence-corrected chi connectivity index (χ3v) is 5.13. The van der Waals surface area contributed by atoms with E-state index in [-0.39, 0.29) is 27.5 Å². The molecule has 1 amide bonds. The average molecular weight is 392 g/mol. The van der Waals surface area contributed by atoms with Crippen LogP contribution in [0.3, 0.4) is 0 Å². The number of thioether (sulfide) groups is 1. The number of hydrogen-bond donors (Lipinski definition) is 2. The number of aromatic amines is 1. The molecule has 1 unspecified atom stereocenters. The minimum absolute atomic E-state index is 0.0539. The van der Waals surface area contributed by atoms with Crippen molar-refractivity contribution in [3.05, 3.63) is 69.5 Å². The molecule has 0 fully saturated rings. The van der Waals surface area contributed by atoms with Gasteiger partial charge in [0, 0.05) is 5.69 Å². The van der Waals surface area contributed by atoms with Crippen molar-refractivity contribution in [1.82, 2.24) is 9.97 Å². The third kappa shape index (κ3) is 4.23. The number of halogens is 2. The van der Waals surface area contributed by atoms with Crippen molar-refractivity contribution in [3.8, 4) is 0 Å². The SMILES string of the molecule is CC(SCC(=O)Nc1ccc(F)c(Cl)c1)c1nc2ccccc2c(=O)[nH]1. The van der Waals surface area contributed by atoms with Crippen LogP contribution in [0.1, 0.15) is 18.0 Å². The smallest absolute Gasteiger partial charge is 0.258 e. The van der Waals surface area contributed by atoms with E-state index in [2.05, 4.69) is 15.3 Å². The van der Waals surface area contributed by atoms with Gasteiger partial charge >= 0.3 is 0 Å². The van der Waals surface area contributed by atoms with Gasteiger partial charge in [-0.15, -0.1) is 11.8 Å². The molecule has 0 saturated heterocycles. The largest absolute Gasteiger partial charge is 0.325 e. The fourth-order valence-corrected chi connectivity index (χ4v) is 3.27. The van der Waals surface area contributed by atoms with Crippen LogP contribution in [0.5, 0.6) is 0 Å². The number of nitrogens with zero attached hydrogens (tertiary/aromatic N) is 1. The number of carbonyl (C=O) groups excluding carboxylic acids is 1. The zero-order chi connectivity index (χ0) is 18.7. The van der Waals surface area contributed by atoms with Gasteiger partial charge in [0.05, 0.1) is 26.9 Å². The van der Waals surface area contributed by atoms with Crippen LogP contribution in [0.2, 0.25) is 5.02 Å². The quantitative estimate of drug-likeness (QED) is 0.685. The predicted octanol–water partition coefficient (Wildman–Crippen LogP) is 4.15. The number of para-hydroxylation sites is 1. The Bertz CT molecular complexity index is 1020. The van der Waals surface area contributed by atoms with Gasteiger partial charge < -0.3 is 10.3 Å². The second-order valence-corrected chi connectivity index (χ2v) is 7.33. The highest BCUT2D eigenvalue weighted by molar-refractivity contribution is 8.00. The van der Waals surface area contributed by atoms with Crippen LogP contribution >= 0.6 is 23.4 Å². The molecule has 3 aromatic rings. The number of H-pyrrole nitrogens is 1. The van der Waals surface area contributed by atoms with E-state index in [1.807, 2.05) is 13.0 Å². The number of hydrogen-bond acceptors (Lipinski definition) is 4. The lowest BCUT2D eigenvalue weighted by molar-refractivity contribution is -0.113. The lowest BCUT2D eigenvalue weighted by Gasteiger charge is -2.11. The summed E-state index contributed by atoms with van der Waals surface area (Å²) in [6.07, 6.45) is 0. The maximum atomic E-state index is 13.1. The Hall–Kier alpha value is -2.38. The van der Waals surface area contributed by atoms with E-state index in [1.165, 1.54) is 30.0 Å². The van der Waals surface area contributed by atoms with E-state index in [9.17, 15) is 14.0 Å². The van der Waals surface area contributed by atoms with E-state index in [1.54, 1.807) is 18.2 Å². The van der Waals surface area contributed by atoms with Gasteiger partial charge in [-0.05, 0) is 37.3 Å². The number of nitrogens with one attached hydrogen (secondary N) is 2. The number of benzene rings is 2. The molecule has 8 heteroatoms. The molecule has 26 heavy (non-hydrogen) atoms. The first-order valence-electron chi connectivity index (χ1n) is 7.79. The van der Waals surface area contributed by atoms with Crippen LogP contribution in [0.25, 0.3) is 10.9 Å². The minimum atomic E-state index is -0.543. The zero-order valence-electron chi connectivity index (χ0n) is 13.8. The molecule has 0 aliphatic heterocycles. The molecule has 2 aromatic carbocycles. The van der Waals surface area contributed by atoms with Gasteiger partial charge in [0.2, 0.25) is 5.91 Å². The zero-order valence-corrected chi connectivity index (χ0v) is 15.3. The minimum Gasteiger partial charge on any atom is -0.325 e. The Kier molecular flexibility index (Phi) is 5.58. The molecule has 2 N–H and O–H groups in total. The highest BCUT2D eigenvalue weighted by Gasteiger charge is 2.14. The molecule has 1 atom stereocenters. The summed E-state index contributed by atoms with van der Waals surface area (Å²) in [6, 6.07) is 11.1. The lowest BCUT2D eigenvalue weighted by Crippen LogP contribution is -2.16. The first-order valence-corrected chi connectivity index (χ1v) is 9.22. The summed E-state index contributed by atoms with van der Waals surface area (Å²) in [5.41, 5.74) is 0.833. The van der Waals surface area contributed by atoms with Crippen molar-refractivity contribution < 1.29 is 9.18 Å². The first-order chi connectivity index (χ1) is 12.4. The maximum Gasteiger partial charge on any atom is 0.258 e. The number of aromatic nitrogens is 2. The monoisotopic (exact) mass is 391 g/mol. The number of rotatable bonds is 5. The topological polar surface area (TPSA) is 74.8 Å². The van der Waals surface area contributed by atoms with Gasteiger partial charge in [-0.2, -0.15) is 0 Å². The average Bonchev–Trinajstić information content (AvgIpc) is 2.63. The molecule has 0 saturated carbocycles. The Labute approximate surface area is 158 Å². The molecule has 0 bridgehead atoms. The summed E-state index contributed by atoms with van der Waals surface area (Å²) in [6.45, 7) is 1.86. The fourth-order valence-electron chi connectivity index (χ4n) is 2.35. The van der Waals surface area contributed by atoms with Crippen LogP contribution in [0.4, 0.5) is 10.1 Å². The normalized spacial score (nSPS) is 12.1. The summed E-state index contributed by atoms with van der Waals surface area (Å²) in [5.74, 6) is -0.143. The van der Waals surface area contributed by atoms with Crippen molar-refractivity contribution in [2.45, 2.75) is 12.2 Å². The van der Waals surface area contributed by atoms with E-state index in [4.69, 9.17) is 11.6 Å². The molecule has 1 aromatic heterocycles. The first kappa shape index (κ1) is 18.4. The molecule has 0 spiro atoms. The van der Waals surface area contributed by atoms with Crippen LogP contribution < -0.4 is 10.9 Å². The van der Waals surface area contributed by atoms with Crippen molar-refractivity contribution in [2.24, 2.45) is 0 Å². The van der Waals surface area contributed by atoms with Crippen molar-refractivity contribution in [1.29, 1.82) is 0 Å². The Balaban J connectivity index is 1.64. The highest BCUT2D eigenvalue weighted by Crippen LogP contribution is 2.26. The second kappa shape index (κ2) is 7.88. The molecule has 3 rings (SSSR count). The van der Waals surface area contributed by atoms with Gasteiger partial charge in [0.25, 0.3) is 5.56 Å². The third-order valence-electron chi connectivity index (χ3n) is 3.68. The summed E-state index contributed by atoms with van der Waals surface area (Å²) in [4.78, 5) is 31.4. The summed E-state index contributed by atoms with van der Waals surface area (Å²) < 4.78 is 13.1. The van der Waals surface area contributed by atoms with Crippen molar-refractivity contribution in [2.75, 3.05) is 11.1 Å². The van der Waals surface area contributed by atoms with Crippen molar-refractivity contribution in [3.63, 3.8) is 0 Å². The van der Waals surface area contributed by atoms with E-state index >= 15 is 0 Å². The summed E-state index contributed by atoms with van der Waals surface area (Å²) >= 11 is 7.02. The highest BCUT2D eigenvalue weighted by atomic mass is 35.5. The molecular formula is C18H15ClFN3O2S. The Morgan fingerprint density at radius 3 is 2.88 bits per heavy atom. The van der Waals surface area contributed by atoms with Gasteiger partial charge in [-0.1, -0.05) is 23.7 Å². The summed E-state index contributed by atoms with van der Waals surface area (Å²) in [7, 11) is 0. The molecule has 0 aliphatic carbocycles. The van der Waals surface area contributed by atoms with Crippen LogP contribution in [0.15, 0.2) is 47.3 Å². The number of anilines is 1. The molecule has 0 aliphatic rings. The van der Waals surface area contributed by atoms with Gasteiger partial charge in [-0.25, -0.2) is 9.37 Å². The number of fused-ring (bicyclic) bond motifs is 1. The van der Waals surface area contributed by atoms with Crippen LogP contribution in [-0.2, 0) is 4.79 Å². The van der Waals surface area contributed by atoms with Crippen molar-refractivity contribution >= 4 is 45.9 Å². The molecule has 5 nitrogen and oxygen atoms in total. The van der Waals surface area contributed by atoms with E-state index in [0.717, 1.165) is 0 Å². The Morgan fingerprint density at radius 2 is 2.12 bits per heavy atom. The molecule has 0 radical (unpaired) electrons. The van der Waals surface area contributed by atoms with Crippen LogP contribution in [-0.4, -0.2) is 21.6 Å². The maximum absolute atomic E-state index is 13.1.